The van der Waals surface area contributed by atoms with Crippen LogP contribution in [0.25, 0.3) is 0 Å². The molecule has 2 N–H and O–H groups in total. The molecule has 28 heavy (non-hydrogen) atoms. The first kappa shape index (κ1) is 19.7. The molecule has 0 aliphatic carbocycles. The molecule has 0 aromatic heterocycles. The number of benzene rings is 2. The highest BCUT2D eigenvalue weighted by Crippen LogP contribution is 2.43. The summed E-state index contributed by atoms with van der Waals surface area (Å²) < 4.78 is 13.9. The van der Waals surface area contributed by atoms with Gasteiger partial charge in [0.25, 0.3) is 0 Å². The SMILES string of the molecule is NC(=O)CCN1CCN([C@@H]2Cc3cc(Cl)ccc3Sc3cc(F)ccc32)CC1. The van der Waals surface area contributed by atoms with Gasteiger partial charge in [-0.3, -0.25) is 9.69 Å². The van der Waals surface area contributed by atoms with Gasteiger partial charge >= 0.3 is 0 Å². The molecule has 1 fully saturated rings. The largest absolute Gasteiger partial charge is 0.370 e. The summed E-state index contributed by atoms with van der Waals surface area (Å²) in [4.78, 5) is 17.9. The fourth-order valence-corrected chi connectivity index (χ4v) is 5.34. The Kier molecular flexibility index (Phi) is 5.92. The highest BCUT2D eigenvalue weighted by Gasteiger charge is 2.30. The second-order valence-corrected chi connectivity index (χ2v) is 8.87. The van der Waals surface area contributed by atoms with Crippen molar-refractivity contribution in [1.29, 1.82) is 0 Å². The van der Waals surface area contributed by atoms with Gasteiger partial charge in [-0.15, -0.1) is 0 Å². The zero-order valence-electron chi connectivity index (χ0n) is 15.5. The number of amides is 1. The number of nitrogens with zero attached hydrogens (tertiary/aromatic N) is 2. The third-order valence-electron chi connectivity index (χ3n) is 5.51. The fourth-order valence-electron chi connectivity index (χ4n) is 4.01. The number of rotatable bonds is 4. The van der Waals surface area contributed by atoms with Gasteiger partial charge in [0.05, 0.1) is 0 Å². The number of fused-ring (bicyclic) bond motifs is 2. The minimum atomic E-state index is -0.257. The molecule has 2 aliphatic heterocycles. The van der Waals surface area contributed by atoms with E-state index in [9.17, 15) is 9.18 Å². The van der Waals surface area contributed by atoms with E-state index >= 15 is 0 Å². The molecule has 2 aliphatic rings. The average Bonchev–Trinajstić information content (AvgIpc) is 2.82. The standard InChI is InChI=1S/C21H23ClFN3OS/c22-15-1-4-19-14(11-15)12-18(17-3-2-16(23)13-20(17)28-19)26-9-7-25(8-10-26)6-5-21(24)27/h1-4,11,13,18H,5-10,12H2,(H2,24,27)/t18-/m1/s1. The quantitative estimate of drug-likeness (QED) is 0.820. The van der Waals surface area contributed by atoms with Crippen LogP contribution in [0.3, 0.4) is 0 Å². The molecule has 1 amide bonds. The molecule has 0 radical (unpaired) electrons. The Morgan fingerprint density at radius 2 is 1.93 bits per heavy atom. The molecule has 0 bridgehead atoms. The predicted octanol–water partition coefficient (Wildman–Crippen LogP) is 3.72. The maximum Gasteiger partial charge on any atom is 0.218 e. The number of carbonyl (C=O) groups is 1. The topological polar surface area (TPSA) is 49.6 Å². The summed E-state index contributed by atoms with van der Waals surface area (Å²) in [6.07, 6.45) is 1.25. The van der Waals surface area contributed by atoms with Crippen LogP contribution in [0.1, 0.15) is 23.6 Å². The maximum absolute atomic E-state index is 13.9. The fraction of sp³-hybridized carbons (Fsp3) is 0.381. The van der Waals surface area contributed by atoms with Gasteiger partial charge in [-0.05, 0) is 47.9 Å². The smallest absolute Gasteiger partial charge is 0.218 e. The Morgan fingerprint density at radius 1 is 1.14 bits per heavy atom. The summed E-state index contributed by atoms with van der Waals surface area (Å²) >= 11 is 7.87. The van der Waals surface area contributed by atoms with E-state index in [1.54, 1.807) is 23.9 Å². The molecule has 0 saturated carbocycles. The van der Waals surface area contributed by atoms with Crippen LogP contribution in [-0.2, 0) is 11.2 Å². The molecular formula is C21H23ClFN3OS. The van der Waals surface area contributed by atoms with Crippen molar-refractivity contribution in [2.24, 2.45) is 5.73 Å². The number of hydrogen-bond acceptors (Lipinski definition) is 4. The Bertz CT molecular complexity index is 886. The van der Waals surface area contributed by atoms with Crippen LogP contribution in [0.4, 0.5) is 4.39 Å². The van der Waals surface area contributed by atoms with Crippen molar-refractivity contribution in [3.63, 3.8) is 0 Å². The van der Waals surface area contributed by atoms with E-state index in [1.165, 1.54) is 11.1 Å². The van der Waals surface area contributed by atoms with Crippen molar-refractivity contribution in [3.8, 4) is 0 Å². The third-order valence-corrected chi connectivity index (χ3v) is 6.94. The molecule has 4 nitrogen and oxygen atoms in total. The van der Waals surface area contributed by atoms with E-state index in [-0.39, 0.29) is 17.8 Å². The van der Waals surface area contributed by atoms with Gasteiger partial charge in [0, 0.05) is 60.0 Å². The second-order valence-electron chi connectivity index (χ2n) is 7.35. The van der Waals surface area contributed by atoms with Crippen LogP contribution < -0.4 is 5.73 Å². The summed E-state index contributed by atoms with van der Waals surface area (Å²) in [5.41, 5.74) is 7.65. The van der Waals surface area contributed by atoms with Gasteiger partial charge in [0.1, 0.15) is 5.82 Å². The van der Waals surface area contributed by atoms with E-state index in [1.807, 2.05) is 24.3 Å². The van der Waals surface area contributed by atoms with Crippen LogP contribution in [0.5, 0.6) is 0 Å². The lowest BCUT2D eigenvalue weighted by atomic mass is 9.96. The molecule has 148 valence electrons. The van der Waals surface area contributed by atoms with Crippen molar-refractivity contribution < 1.29 is 9.18 Å². The number of hydrogen-bond donors (Lipinski definition) is 1. The van der Waals surface area contributed by atoms with Gasteiger partial charge in [0.15, 0.2) is 0 Å². The Balaban J connectivity index is 1.58. The van der Waals surface area contributed by atoms with Crippen molar-refractivity contribution >= 4 is 29.3 Å². The maximum atomic E-state index is 13.9. The highest BCUT2D eigenvalue weighted by atomic mass is 35.5. The number of nitrogens with two attached hydrogens (primary N) is 1. The van der Waals surface area contributed by atoms with Crippen molar-refractivity contribution in [1.82, 2.24) is 9.80 Å². The lowest BCUT2D eigenvalue weighted by Gasteiger charge is -2.39. The molecule has 0 spiro atoms. The summed E-state index contributed by atoms with van der Waals surface area (Å²) in [6, 6.07) is 11.3. The molecule has 4 rings (SSSR count). The predicted molar refractivity (Wildman–Crippen MR) is 110 cm³/mol. The van der Waals surface area contributed by atoms with Gasteiger partial charge in [-0.1, -0.05) is 29.4 Å². The summed E-state index contributed by atoms with van der Waals surface area (Å²) in [7, 11) is 0. The molecule has 0 unspecified atom stereocenters. The van der Waals surface area contributed by atoms with Crippen LogP contribution in [0, 0.1) is 5.82 Å². The normalized spacial score (nSPS) is 20.3. The molecular weight excluding hydrogens is 397 g/mol. The molecule has 2 aromatic rings. The number of primary amides is 1. The minimum Gasteiger partial charge on any atom is -0.370 e. The molecule has 1 saturated heterocycles. The van der Waals surface area contributed by atoms with Crippen molar-refractivity contribution in [2.45, 2.75) is 28.7 Å². The molecule has 7 heteroatoms. The van der Waals surface area contributed by atoms with E-state index in [2.05, 4.69) is 9.80 Å². The average molecular weight is 420 g/mol. The zero-order valence-corrected chi connectivity index (χ0v) is 17.1. The number of halogens is 2. The monoisotopic (exact) mass is 419 g/mol. The lowest BCUT2D eigenvalue weighted by molar-refractivity contribution is -0.118. The third kappa shape index (κ3) is 4.35. The molecule has 2 heterocycles. The van der Waals surface area contributed by atoms with E-state index in [0.717, 1.165) is 47.4 Å². The van der Waals surface area contributed by atoms with E-state index < -0.39 is 0 Å². The first-order valence-corrected chi connectivity index (χ1v) is 10.7. The molecule has 1 atom stereocenters. The number of carbonyl (C=O) groups excluding carboxylic acids is 1. The molecule has 2 aromatic carbocycles. The first-order valence-electron chi connectivity index (χ1n) is 9.50. The van der Waals surface area contributed by atoms with Gasteiger partial charge in [0.2, 0.25) is 5.91 Å². The number of piperazine rings is 1. The van der Waals surface area contributed by atoms with Crippen LogP contribution >= 0.6 is 23.4 Å². The van der Waals surface area contributed by atoms with Crippen molar-refractivity contribution in [3.05, 3.63) is 58.4 Å². The van der Waals surface area contributed by atoms with Crippen molar-refractivity contribution in [2.75, 3.05) is 32.7 Å². The van der Waals surface area contributed by atoms with Crippen LogP contribution in [0.15, 0.2) is 46.2 Å². The summed E-state index contributed by atoms with van der Waals surface area (Å²) in [6.45, 7) is 4.32. The second kappa shape index (κ2) is 8.41. The Morgan fingerprint density at radius 3 is 2.68 bits per heavy atom. The summed E-state index contributed by atoms with van der Waals surface area (Å²) in [5, 5.41) is 0.728. The lowest BCUT2D eigenvalue weighted by Crippen LogP contribution is -2.48. The Hall–Kier alpha value is -1.60. The summed E-state index contributed by atoms with van der Waals surface area (Å²) in [5.74, 6) is -0.466. The van der Waals surface area contributed by atoms with Gasteiger partial charge < -0.3 is 10.6 Å². The Labute approximate surface area is 173 Å². The van der Waals surface area contributed by atoms with Gasteiger partial charge in [-0.25, -0.2) is 4.39 Å². The van der Waals surface area contributed by atoms with E-state index in [0.29, 0.717) is 13.0 Å². The highest BCUT2D eigenvalue weighted by molar-refractivity contribution is 7.99. The van der Waals surface area contributed by atoms with Crippen LogP contribution in [-0.4, -0.2) is 48.4 Å². The van der Waals surface area contributed by atoms with E-state index in [4.69, 9.17) is 17.3 Å². The van der Waals surface area contributed by atoms with Crippen LogP contribution in [0.2, 0.25) is 5.02 Å². The van der Waals surface area contributed by atoms with Gasteiger partial charge in [-0.2, -0.15) is 0 Å². The first-order chi connectivity index (χ1) is 13.5. The zero-order chi connectivity index (χ0) is 19.7. The minimum absolute atomic E-state index is 0.182.